The number of nitrogens with zero attached hydrogens (tertiary/aromatic N) is 3. The molecule has 6 heteroatoms. The highest BCUT2D eigenvalue weighted by atomic mass is 16.5. The first-order valence-electron chi connectivity index (χ1n) is 14.7. The Morgan fingerprint density at radius 2 is 1.52 bits per heavy atom. The van der Waals surface area contributed by atoms with E-state index in [0.29, 0.717) is 26.1 Å². The number of hydrogen-bond donors (Lipinski definition) is 0. The Kier molecular flexibility index (Phi) is 8.13. The number of carbonyl (C=O) groups is 1. The van der Waals surface area contributed by atoms with Crippen molar-refractivity contribution in [2.75, 3.05) is 37.7 Å². The van der Waals surface area contributed by atoms with Gasteiger partial charge in [0.1, 0.15) is 17.2 Å². The third-order valence-electron chi connectivity index (χ3n) is 8.06. The Morgan fingerprint density at radius 1 is 0.810 bits per heavy atom. The molecule has 0 saturated carbocycles. The molecule has 214 valence electrons. The number of hydrogen-bond acceptors (Lipinski definition) is 4. The summed E-state index contributed by atoms with van der Waals surface area (Å²) in [4.78, 5) is 18.3. The zero-order valence-corrected chi connectivity index (χ0v) is 24.3. The van der Waals surface area contributed by atoms with Crippen molar-refractivity contribution in [3.05, 3.63) is 120 Å². The van der Waals surface area contributed by atoms with Crippen LogP contribution in [0.5, 0.6) is 17.2 Å². The molecule has 6 rings (SSSR count). The van der Waals surface area contributed by atoms with E-state index in [1.807, 2.05) is 72.5 Å². The lowest BCUT2D eigenvalue weighted by Gasteiger charge is -2.37. The number of anilines is 1. The maximum absolute atomic E-state index is 13.9. The molecule has 0 aliphatic carbocycles. The van der Waals surface area contributed by atoms with Crippen LogP contribution in [0.3, 0.4) is 0 Å². The van der Waals surface area contributed by atoms with Crippen LogP contribution < -0.4 is 14.4 Å². The minimum Gasteiger partial charge on any atom is -0.492 e. The van der Waals surface area contributed by atoms with Gasteiger partial charge in [-0.15, -0.1) is 0 Å². The average Bonchev–Trinajstić information content (AvgIpc) is 3.37. The van der Waals surface area contributed by atoms with Crippen LogP contribution >= 0.6 is 0 Å². The van der Waals surface area contributed by atoms with Crippen molar-refractivity contribution < 1.29 is 14.3 Å². The fourth-order valence-electron chi connectivity index (χ4n) is 5.97. The molecule has 1 aliphatic rings. The van der Waals surface area contributed by atoms with Gasteiger partial charge in [0.05, 0.1) is 12.3 Å². The molecule has 2 heterocycles. The summed E-state index contributed by atoms with van der Waals surface area (Å²) in [7, 11) is 2.07. The molecule has 0 bridgehead atoms. The molecule has 1 saturated heterocycles. The van der Waals surface area contributed by atoms with Gasteiger partial charge < -0.3 is 23.8 Å². The molecular weight excluding hydrogens is 522 g/mol. The number of aryl methyl sites for hydroxylation is 1. The lowest BCUT2D eigenvalue weighted by Crippen LogP contribution is -2.49. The van der Waals surface area contributed by atoms with E-state index in [9.17, 15) is 4.79 Å². The first kappa shape index (κ1) is 27.5. The second-order valence-corrected chi connectivity index (χ2v) is 10.7. The summed E-state index contributed by atoms with van der Waals surface area (Å²) in [5.41, 5.74) is 4.47. The molecule has 1 fully saturated rings. The predicted octanol–water partition coefficient (Wildman–Crippen LogP) is 7.24. The maximum Gasteiger partial charge on any atom is 0.223 e. The van der Waals surface area contributed by atoms with Crippen molar-refractivity contribution in [3.8, 4) is 17.2 Å². The van der Waals surface area contributed by atoms with Crippen molar-refractivity contribution in [1.29, 1.82) is 0 Å². The second-order valence-electron chi connectivity index (χ2n) is 10.7. The zero-order chi connectivity index (χ0) is 28.9. The van der Waals surface area contributed by atoms with Crippen molar-refractivity contribution in [2.24, 2.45) is 7.05 Å². The van der Waals surface area contributed by atoms with Crippen LogP contribution in [0, 0.1) is 0 Å². The standard InChI is InChI=1S/C36H37N3O3/c1-3-41-35-19-10-9-18-34(35)38-20-22-39(23-21-38)36(40)25-31(32-26-37(2)33-17-8-7-16-30(32)33)27-12-11-15-29(24-27)42-28-13-5-4-6-14-28/h4-19,24,26,31H,3,20-23,25H2,1-2H3. The van der Waals surface area contributed by atoms with Crippen molar-refractivity contribution in [1.82, 2.24) is 9.47 Å². The minimum absolute atomic E-state index is 0.111. The highest BCUT2D eigenvalue weighted by molar-refractivity contribution is 5.86. The van der Waals surface area contributed by atoms with Gasteiger partial charge >= 0.3 is 0 Å². The smallest absolute Gasteiger partial charge is 0.223 e. The number of para-hydroxylation sites is 4. The number of ether oxygens (including phenoxy) is 2. The quantitative estimate of drug-likeness (QED) is 0.191. The maximum atomic E-state index is 13.9. The summed E-state index contributed by atoms with van der Waals surface area (Å²) in [6.45, 7) is 5.54. The Hall–Kier alpha value is -4.71. The summed E-state index contributed by atoms with van der Waals surface area (Å²) in [6, 6.07) is 34.6. The van der Waals surface area contributed by atoms with E-state index in [1.54, 1.807) is 0 Å². The topological polar surface area (TPSA) is 46.9 Å². The van der Waals surface area contributed by atoms with E-state index in [4.69, 9.17) is 9.47 Å². The molecule has 1 aromatic heterocycles. The molecule has 1 amide bonds. The summed E-state index contributed by atoms with van der Waals surface area (Å²) in [5.74, 6) is 2.50. The van der Waals surface area contributed by atoms with E-state index >= 15 is 0 Å². The average molecular weight is 560 g/mol. The molecule has 0 N–H and O–H groups in total. The first-order valence-corrected chi connectivity index (χ1v) is 14.7. The molecule has 5 aromatic rings. The molecule has 1 unspecified atom stereocenters. The van der Waals surface area contributed by atoms with Gasteiger partial charge in [-0.05, 0) is 60.5 Å². The first-order chi connectivity index (χ1) is 20.6. The van der Waals surface area contributed by atoms with Gasteiger partial charge in [0.15, 0.2) is 0 Å². The van der Waals surface area contributed by atoms with E-state index in [0.717, 1.165) is 52.7 Å². The van der Waals surface area contributed by atoms with Gasteiger partial charge in [0.2, 0.25) is 5.91 Å². The van der Waals surface area contributed by atoms with Crippen molar-refractivity contribution in [2.45, 2.75) is 19.3 Å². The number of aromatic nitrogens is 1. The SMILES string of the molecule is CCOc1ccccc1N1CCN(C(=O)CC(c2cccc(Oc3ccccc3)c2)c2cn(C)c3ccccc23)CC1. The van der Waals surface area contributed by atoms with Gasteiger partial charge in [-0.1, -0.05) is 60.7 Å². The number of fused-ring (bicyclic) bond motifs is 1. The van der Waals surface area contributed by atoms with Gasteiger partial charge in [0, 0.05) is 62.7 Å². The van der Waals surface area contributed by atoms with E-state index in [1.165, 1.54) is 5.39 Å². The van der Waals surface area contributed by atoms with Crippen molar-refractivity contribution >= 4 is 22.5 Å². The molecule has 0 spiro atoms. The second kappa shape index (κ2) is 12.4. The summed E-state index contributed by atoms with van der Waals surface area (Å²) < 4.78 is 14.2. The van der Waals surface area contributed by atoms with Crippen LogP contribution in [0.25, 0.3) is 10.9 Å². The van der Waals surface area contributed by atoms with Gasteiger partial charge in [0.25, 0.3) is 0 Å². The molecule has 6 nitrogen and oxygen atoms in total. The summed E-state index contributed by atoms with van der Waals surface area (Å²) >= 11 is 0. The zero-order valence-electron chi connectivity index (χ0n) is 24.3. The number of carbonyl (C=O) groups excluding carboxylic acids is 1. The highest BCUT2D eigenvalue weighted by Gasteiger charge is 2.28. The number of rotatable bonds is 9. The molecule has 4 aromatic carbocycles. The largest absolute Gasteiger partial charge is 0.492 e. The van der Waals surface area contributed by atoms with Crippen LogP contribution in [-0.2, 0) is 11.8 Å². The number of piperazine rings is 1. The predicted molar refractivity (Wildman–Crippen MR) is 169 cm³/mol. The van der Waals surface area contributed by atoms with Crippen LogP contribution in [0.2, 0.25) is 0 Å². The van der Waals surface area contributed by atoms with E-state index in [2.05, 4.69) is 65.2 Å². The number of benzene rings is 4. The molecule has 1 atom stereocenters. The minimum atomic E-state index is -0.111. The Morgan fingerprint density at radius 3 is 2.33 bits per heavy atom. The summed E-state index contributed by atoms with van der Waals surface area (Å²) in [6.07, 6.45) is 2.56. The number of amides is 1. The van der Waals surface area contributed by atoms with Gasteiger partial charge in [-0.3, -0.25) is 4.79 Å². The Labute approximate surface area is 247 Å². The fourth-order valence-corrected chi connectivity index (χ4v) is 5.97. The lowest BCUT2D eigenvalue weighted by atomic mass is 9.87. The van der Waals surface area contributed by atoms with Crippen LogP contribution in [0.15, 0.2) is 109 Å². The summed E-state index contributed by atoms with van der Waals surface area (Å²) in [5, 5.41) is 1.17. The Balaban J connectivity index is 1.25. The Bertz CT molecular complexity index is 1650. The van der Waals surface area contributed by atoms with E-state index < -0.39 is 0 Å². The molecule has 0 radical (unpaired) electrons. The molecular formula is C36H37N3O3. The molecule has 1 aliphatic heterocycles. The lowest BCUT2D eigenvalue weighted by molar-refractivity contribution is -0.131. The third kappa shape index (κ3) is 5.84. The third-order valence-corrected chi connectivity index (χ3v) is 8.06. The van der Waals surface area contributed by atoms with Gasteiger partial charge in [-0.2, -0.15) is 0 Å². The highest BCUT2D eigenvalue weighted by Crippen LogP contribution is 2.37. The van der Waals surface area contributed by atoms with Crippen molar-refractivity contribution in [3.63, 3.8) is 0 Å². The van der Waals surface area contributed by atoms with Crippen LogP contribution in [0.4, 0.5) is 5.69 Å². The monoisotopic (exact) mass is 559 g/mol. The van der Waals surface area contributed by atoms with Crippen LogP contribution in [0.1, 0.15) is 30.4 Å². The fraction of sp³-hybridized carbons (Fsp3) is 0.250. The normalized spacial score (nSPS) is 14.1. The molecule has 42 heavy (non-hydrogen) atoms. The van der Waals surface area contributed by atoms with Crippen LogP contribution in [-0.4, -0.2) is 48.2 Å². The van der Waals surface area contributed by atoms with E-state index in [-0.39, 0.29) is 11.8 Å². The van der Waals surface area contributed by atoms with Gasteiger partial charge in [-0.25, -0.2) is 0 Å².